The Labute approximate surface area is 126 Å². The molecular weight excluding hydrogens is 291 g/mol. The monoisotopic (exact) mass is 306 g/mol. The highest BCUT2D eigenvalue weighted by Crippen LogP contribution is 2.17. The summed E-state index contributed by atoms with van der Waals surface area (Å²) < 4.78 is 12.7. The van der Waals surface area contributed by atoms with Crippen LogP contribution in [0.3, 0.4) is 0 Å². The number of hydrogen-bond donors (Lipinski definition) is 2. The van der Waals surface area contributed by atoms with E-state index in [9.17, 15) is 9.18 Å². The van der Waals surface area contributed by atoms with Gasteiger partial charge in [-0.25, -0.2) is 14.4 Å². The second-order valence-electron chi connectivity index (χ2n) is 4.39. The fraction of sp³-hybridized carbons (Fsp3) is 0.214. The molecule has 0 spiro atoms. The van der Waals surface area contributed by atoms with Gasteiger partial charge in [0.25, 0.3) is 0 Å². The summed E-state index contributed by atoms with van der Waals surface area (Å²) in [6.07, 6.45) is 0. The largest absolute Gasteiger partial charge is 0.272 e. The van der Waals surface area contributed by atoms with Crippen LogP contribution in [0.4, 0.5) is 10.3 Å². The van der Waals surface area contributed by atoms with Crippen molar-refractivity contribution in [2.24, 2.45) is 0 Å². The Morgan fingerprint density at radius 3 is 2.43 bits per heavy atom. The van der Waals surface area contributed by atoms with Gasteiger partial charge in [0, 0.05) is 16.3 Å². The van der Waals surface area contributed by atoms with Crippen molar-refractivity contribution in [3.05, 3.63) is 47.5 Å². The van der Waals surface area contributed by atoms with E-state index in [1.54, 1.807) is 12.1 Å². The van der Waals surface area contributed by atoms with E-state index in [1.165, 1.54) is 23.9 Å². The second-order valence-corrected chi connectivity index (χ2v) is 5.44. The predicted octanol–water partition coefficient (Wildman–Crippen LogP) is 2.47. The number of aromatic nitrogens is 2. The average molecular weight is 306 g/mol. The number of carbonyl (C=O) groups excluding carboxylic acids is 1. The molecular formula is C14H15FN4OS. The standard InChI is InChI=1S/C14H15FN4OS/c1-9-7-10(2)17-14(16-9)19-18-13(20)8-21-12-5-3-11(15)4-6-12/h3-7H,8H2,1-2H3,(H,18,20)(H,16,17,19). The number of rotatable bonds is 5. The lowest BCUT2D eigenvalue weighted by Gasteiger charge is -2.08. The Morgan fingerprint density at radius 1 is 1.19 bits per heavy atom. The van der Waals surface area contributed by atoms with E-state index >= 15 is 0 Å². The average Bonchev–Trinajstić information content (AvgIpc) is 2.43. The summed E-state index contributed by atoms with van der Waals surface area (Å²) in [5.41, 5.74) is 6.84. The van der Waals surface area contributed by atoms with Gasteiger partial charge in [-0.1, -0.05) is 0 Å². The van der Waals surface area contributed by atoms with Gasteiger partial charge in [0.05, 0.1) is 5.75 Å². The Kier molecular flexibility index (Phi) is 5.10. The fourth-order valence-electron chi connectivity index (χ4n) is 1.62. The van der Waals surface area contributed by atoms with Gasteiger partial charge < -0.3 is 0 Å². The molecule has 0 aliphatic carbocycles. The van der Waals surface area contributed by atoms with E-state index in [-0.39, 0.29) is 17.5 Å². The summed E-state index contributed by atoms with van der Waals surface area (Å²) >= 11 is 1.32. The molecule has 1 aromatic carbocycles. The number of halogens is 1. The van der Waals surface area contributed by atoms with E-state index in [2.05, 4.69) is 20.8 Å². The third-order valence-corrected chi connectivity index (χ3v) is 3.49. The van der Waals surface area contributed by atoms with Crippen LogP contribution in [0.1, 0.15) is 11.4 Å². The highest BCUT2D eigenvalue weighted by atomic mass is 32.2. The van der Waals surface area contributed by atoms with Crippen molar-refractivity contribution in [3.63, 3.8) is 0 Å². The summed E-state index contributed by atoms with van der Waals surface area (Å²) in [5.74, 6) is 0.0563. The molecule has 5 nitrogen and oxygen atoms in total. The number of carbonyl (C=O) groups is 1. The minimum Gasteiger partial charge on any atom is -0.272 e. The summed E-state index contributed by atoms with van der Waals surface area (Å²) in [5, 5.41) is 0. The van der Waals surface area contributed by atoms with E-state index in [4.69, 9.17) is 0 Å². The molecule has 110 valence electrons. The summed E-state index contributed by atoms with van der Waals surface area (Å²) in [6.45, 7) is 3.71. The maximum atomic E-state index is 12.7. The molecule has 1 amide bonds. The van der Waals surface area contributed by atoms with Gasteiger partial charge in [-0.05, 0) is 44.2 Å². The van der Waals surface area contributed by atoms with Gasteiger partial charge in [-0.15, -0.1) is 11.8 Å². The molecule has 0 aliphatic heterocycles. The molecule has 0 radical (unpaired) electrons. The highest BCUT2D eigenvalue weighted by molar-refractivity contribution is 8.00. The molecule has 2 aromatic rings. The normalized spacial score (nSPS) is 10.2. The first-order valence-electron chi connectivity index (χ1n) is 6.28. The number of benzene rings is 1. The molecule has 0 atom stereocenters. The van der Waals surface area contributed by atoms with Crippen LogP contribution < -0.4 is 10.9 Å². The Balaban J connectivity index is 1.80. The van der Waals surface area contributed by atoms with Crippen LogP contribution in [0.2, 0.25) is 0 Å². The van der Waals surface area contributed by atoms with Crippen molar-refractivity contribution in [3.8, 4) is 0 Å². The van der Waals surface area contributed by atoms with Crippen molar-refractivity contribution in [2.75, 3.05) is 11.2 Å². The Bertz CT molecular complexity index is 613. The zero-order chi connectivity index (χ0) is 15.2. The van der Waals surface area contributed by atoms with Gasteiger partial charge in [-0.3, -0.25) is 15.6 Å². The lowest BCUT2D eigenvalue weighted by atomic mass is 10.4. The zero-order valence-electron chi connectivity index (χ0n) is 11.7. The van der Waals surface area contributed by atoms with Gasteiger partial charge in [0.1, 0.15) is 5.82 Å². The number of nitrogens with one attached hydrogen (secondary N) is 2. The van der Waals surface area contributed by atoms with Gasteiger partial charge in [0.15, 0.2) is 0 Å². The smallest absolute Gasteiger partial charge is 0.248 e. The maximum Gasteiger partial charge on any atom is 0.248 e. The fourth-order valence-corrected chi connectivity index (χ4v) is 2.32. The molecule has 2 N–H and O–H groups in total. The molecule has 1 heterocycles. The molecule has 0 saturated carbocycles. The molecule has 0 fully saturated rings. The van der Waals surface area contributed by atoms with Crippen LogP contribution in [0.25, 0.3) is 0 Å². The van der Waals surface area contributed by atoms with Crippen molar-refractivity contribution in [2.45, 2.75) is 18.7 Å². The van der Waals surface area contributed by atoms with Crippen molar-refractivity contribution < 1.29 is 9.18 Å². The molecule has 1 aromatic heterocycles. The predicted molar refractivity (Wildman–Crippen MR) is 80.4 cm³/mol. The molecule has 0 saturated heterocycles. The quantitative estimate of drug-likeness (QED) is 0.656. The van der Waals surface area contributed by atoms with Gasteiger partial charge >= 0.3 is 0 Å². The molecule has 0 bridgehead atoms. The molecule has 21 heavy (non-hydrogen) atoms. The zero-order valence-corrected chi connectivity index (χ0v) is 12.5. The number of hydrazine groups is 1. The number of anilines is 1. The minimum atomic E-state index is -0.294. The SMILES string of the molecule is Cc1cc(C)nc(NNC(=O)CSc2ccc(F)cc2)n1. The number of amides is 1. The molecule has 0 aliphatic rings. The molecule has 0 unspecified atom stereocenters. The second kappa shape index (κ2) is 7.03. The number of aryl methyl sites for hydroxylation is 2. The van der Waals surface area contributed by atoms with Crippen molar-refractivity contribution in [1.82, 2.24) is 15.4 Å². The van der Waals surface area contributed by atoms with Gasteiger partial charge in [-0.2, -0.15) is 0 Å². The van der Waals surface area contributed by atoms with Crippen LogP contribution >= 0.6 is 11.8 Å². The number of nitrogens with zero attached hydrogens (tertiary/aromatic N) is 2. The van der Waals surface area contributed by atoms with Crippen LogP contribution in [0.15, 0.2) is 35.2 Å². The third-order valence-electron chi connectivity index (χ3n) is 2.48. The topological polar surface area (TPSA) is 66.9 Å². The van der Waals surface area contributed by atoms with E-state index in [0.29, 0.717) is 5.95 Å². The van der Waals surface area contributed by atoms with Crippen LogP contribution in [-0.4, -0.2) is 21.6 Å². The maximum absolute atomic E-state index is 12.7. The van der Waals surface area contributed by atoms with Crippen LogP contribution in [0.5, 0.6) is 0 Å². The number of thioether (sulfide) groups is 1. The Morgan fingerprint density at radius 2 is 1.81 bits per heavy atom. The van der Waals surface area contributed by atoms with Crippen LogP contribution in [0, 0.1) is 19.7 Å². The van der Waals surface area contributed by atoms with E-state index < -0.39 is 0 Å². The highest BCUT2D eigenvalue weighted by Gasteiger charge is 2.04. The van der Waals surface area contributed by atoms with Crippen LogP contribution in [-0.2, 0) is 4.79 Å². The first-order chi connectivity index (χ1) is 10.0. The van der Waals surface area contributed by atoms with Crippen molar-refractivity contribution >= 4 is 23.6 Å². The summed E-state index contributed by atoms with van der Waals surface area (Å²) in [4.78, 5) is 20.8. The van der Waals surface area contributed by atoms with Crippen molar-refractivity contribution in [1.29, 1.82) is 0 Å². The summed E-state index contributed by atoms with van der Waals surface area (Å²) in [7, 11) is 0. The van der Waals surface area contributed by atoms with E-state index in [0.717, 1.165) is 16.3 Å². The van der Waals surface area contributed by atoms with Gasteiger partial charge in [0.2, 0.25) is 11.9 Å². The first-order valence-corrected chi connectivity index (χ1v) is 7.27. The summed E-state index contributed by atoms with van der Waals surface area (Å²) in [6, 6.07) is 7.84. The lowest BCUT2D eigenvalue weighted by molar-refractivity contribution is -0.118. The molecule has 7 heteroatoms. The number of hydrogen-bond acceptors (Lipinski definition) is 5. The van der Waals surface area contributed by atoms with E-state index in [1.807, 2.05) is 19.9 Å². The third kappa shape index (κ3) is 5.03. The lowest BCUT2D eigenvalue weighted by Crippen LogP contribution is -2.31. The first kappa shape index (κ1) is 15.2. The minimum absolute atomic E-state index is 0.212. The molecule has 2 rings (SSSR count). The Hall–Kier alpha value is -2.15.